The van der Waals surface area contributed by atoms with E-state index < -0.39 is 28.9 Å². The number of methoxy groups -OCH3 is 1. The molecule has 0 aliphatic carbocycles. The number of aromatic amines is 1. The molecule has 3 rings (SSSR count). The number of carbonyl (C=O) groups excluding carboxylic acids is 2. The highest BCUT2D eigenvalue weighted by Gasteiger charge is 2.31. The minimum absolute atomic E-state index is 0.213. The van der Waals surface area contributed by atoms with Crippen LogP contribution in [0.5, 0.6) is 0 Å². The van der Waals surface area contributed by atoms with Gasteiger partial charge in [0.1, 0.15) is 10.8 Å². The lowest BCUT2D eigenvalue weighted by Gasteiger charge is -2.14. The molecule has 3 aromatic rings. The number of nitrogens with one attached hydrogen (secondary N) is 1. The number of ether oxygens (including phenoxy) is 1. The smallest absolute Gasteiger partial charge is 0.416 e. The second-order valence-corrected chi connectivity index (χ2v) is 6.84. The van der Waals surface area contributed by atoms with Crippen molar-refractivity contribution in [3.8, 4) is 0 Å². The zero-order valence-corrected chi connectivity index (χ0v) is 15.2. The molecule has 0 spiro atoms. The molecule has 3 N–H and O–H groups in total. The average molecular weight is 409 g/mol. The number of rotatable bonds is 5. The maximum atomic E-state index is 12.8. The molecule has 146 valence electrons. The Morgan fingerprint density at radius 1 is 1.18 bits per heavy atom. The van der Waals surface area contributed by atoms with Gasteiger partial charge in [-0.05, 0) is 29.8 Å². The summed E-state index contributed by atoms with van der Waals surface area (Å²) in [6, 6.07) is 9.07. The van der Waals surface area contributed by atoms with Gasteiger partial charge in [-0.15, -0.1) is 0 Å². The van der Waals surface area contributed by atoms with Gasteiger partial charge < -0.3 is 15.5 Å². The summed E-state index contributed by atoms with van der Waals surface area (Å²) >= 11 is 0.959. The second kappa shape index (κ2) is 7.55. The van der Waals surface area contributed by atoms with Crippen LogP contribution < -0.4 is 5.73 Å². The van der Waals surface area contributed by atoms with Crippen LogP contribution in [0.3, 0.4) is 0 Å². The molecule has 1 heterocycles. The fourth-order valence-corrected chi connectivity index (χ4v) is 3.60. The summed E-state index contributed by atoms with van der Waals surface area (Å²) in [6.07, 6.45) is -4.48. The molecule has 2 aromatic carbocycles. The Kier molecular flexibility index (Phi) is 5.32. The predicted octanol–water partition coefficient (Wildman–Crippen LogP) is 3.69. The number of fused-ring (bicyclic) bond motifs is 1. The van der Waals surface area contributed by atoms with Crippen molar-refractivity contribution in [1.82, 2.24) is 9.97 Å². The first-order chi connectivity index (χ1) is 13.2. The van der Waals surface area contributed by atoms with E-state index in [2.05, 4.69) is 9.97 Å². The first kappa shape index (κ1) is 19.7. The number of carbonyl (C=O) groups is 2. The monoisotopic (exact) mass is 409 g/mol. The van der Waals surface area contributed by atoms with E-state index in [1.807, 2.05) is 0 Å². The Hall–Kier alpha value is -3.01. The number of aromatic nitrogens is 2. The SMILES string of the molecule is COC(=O)C(Sc1nc2c(C(N)=O)cccc2[nH]1)c1ccc(C(F)(F)F)cc1. The van der Waals surface area contributed by atoms with Crippen molar-refractivity contribution in [3.63, 3.8) is 0 Å². The summed E-state index contributed by atoms with van der Waals surface area (Å²) in [7, 11) is 1.18. The number of H-pyrrole nitrogens is 1. The number of para-hydroxylation sites is 1. The molecule has 1 aromatic heterocycles. The van der Waals surface area contributed by atoms with E-state index in [-0.39, 0.29) is 5.56 Å². The number of halogens is 3. The summed E-state index contributed by atoms with van der Waals surface area (Å²) in [6.45, 7) is 0. The second-order valence-electron chi connectivity index (χ2n) is 5.75. The topological polar surface area (TPSA) is 98.1 Å². The third kappa shape index (κ3) is 3.96. The Labute approximate surface area is 161 Å². The summed E-state index contributed by atoms with van der Waals surface area (Å²) in [5.74, 6) is -1.30. The van der Waals surface area contributed by atoms with Crippen LogP contribution >= 0.6 is 11.8 Å². The van der Waals surface area contributed by atoms with Crippen LogP contribution in [0.1, 0.15) is 26.7 Å². The van der Waals surface area contributed by atoms with Crippen LogP contribution in [0.15, 0.2) is 47.6 Å². The molecule has 0 aliphatic rings. The van der Waals surface area contributed by atoms with Gasteiger partial charge >= 0.3 is 12.1 Å². The number of esters is 1. The minimum Gasteiger partial charge on any atom is -0.468 e. The van der Waals surface area contributed by atoms with Gasteiger partial charge in [-0.1, -0.05) is 30.0 Å². The number of hydrogen-bond donors (Lipinski definition) is 2. The van der Waals surface area contributed by atoms with E-state index in [1.165, 1.54) is 25.3 Å². The standard InChI is InChI=1S/C18H14F3N3O3S/c1-27-16(26)14(9-5-7-10(8-6-9)18(19,20)21)28-17-23-12-4-2-3-11(15(22)25)13(12)24-17/h2-8,14H,1H3,(H2,22,25)(H,23,24). The van der Waals surface area contributed by atoms with E-state index >= 15 is 0 Å². The van der Waals surface area contributed by atoms with Gasteiger partial charge in [0.2, 0.25) is 0 Å². The van der Waals surface area contributed by atoms with Crippen molar-refractivity contribution in [1.29, 1.82) is 0 Å². The van der Waals surface area contributed by atoms with Gasteiger partial charge in [0.25, 0.3) is 5.91 Å². The number of thioether (sulfide) groups is 1. The number of benzene rings is 2. The van der Waals surface area contributed by atoms with E-state index in [0.29, 0.717) is 21.8 Å². The zero-order chi connectivity index (χ0) is 20.5. The first-order valence-electron chi connectivity index (χ1n) is 7.91. The number of imidazole rings is 1. The van der Waals surface area contributed by atoms with E-state index in [0.717, 1.165) is 23.9 Å². The fraction of sp³-hybridized carbons (Fsp3) is 0.167. The Morgan fingerprint density at radius 3 is 2.43 bits per heavy atom. The number of hydrogen-bond acceptors (Lipinski definition) is 5. The largest absolute Gasteiger partial charge is 0.468 e. The molecular formula is C18H14F3N3O3S. The number of alkyl halides is 3. The van der Waals surface area contributed by atoms with Crippen molar-refractivity contribution in [2.24, 2.45) is 5.73 Å². The summed E-state index contributed by atoms with van der Waals surface area (Å²) in [4.78, 5) is 31.0. The molecule has 0 radical (unpaired) electrons. The summed E-state index contributed by atoms with van der Waals surface area (Å²) in [5, 5.41) is -0.663. The van der Waals surface area contributed by atoms with Gasteiger partial charge in [-0.25, -0.2) is 4.98 Å². The van der Waals surface area contributed by atoms with Crippen LogP contribution in [0.25, 0.3) is 11.0 Å². The maximum Gasteiger partial charge on any atom is 0.416 e. The lowest BCUT2D eigenvalue weighted by atomic mass is 10.1. The van der Waals surface area contributed by atoms with Gasteiger partial charge in [0, 0.05) is 0 Å². The Morgan fingerprint density at radius 2 is 1.86 bits per heavy atom. The molecule has 10 heteroatoms. The summed E-state index contributed by atoms with van der Waals surface area (Å²) < 4.78 is 43.1. The van der Waals surface area contributed by atoms with Gasteiger partial charge in [0.15, 0.2) is 5.16 Å². The van der Waals surface area contributed by atoms with Crippen molar-refractivity contribution >= 4 is 34.7 Å². The van der Waals surface area contributed by atoms with Crippen molar-refractivity contribution in [2.75, 3.05) is 7.11 Å². The molecular weight excluding hydrogens is 395 g/mol. The highest BCUT2D eigenvalue weighted by molar-refractivity contribution is 8.00. The number of primary amides is 1. The van der Waals surface area contributed by atoms with Crippen molar-refractivity contribution in [3.05, 3.63) is 59.2 Å². The molecule has 0 saturated carbocycles. The first-order valence-corrected chi connectivity index (χ1v) is 8.79. The van der Waals surface area contributed by atoms with Gasteiger partial charge in [-0.3, -0.25) is 9.59 Å². The van der Waals surface area contributed by atoms with Gasteiger partial charge in [0.05, 0.1) is 23.8 Å². The molecule has 0 bridgehead atoms. The Balaban J connectivity index is 1.96. The number of nitrogens with zero attached hydrogens (tertiary/aromatic N) is 1. The molecule has 6 nitrogen and oxygen atoms in total. The molecule has 1 unspecified atom stereocenters. The van der Waals surface area contributed by atoms with Crippen molar-refractivity contribution < 1.29 is 27.5 Å². The van der Waals surface area contributed by atoms with Crippen molar-refractivity contribution in [2.45, 2.75) is 16.6 Å². The molecule has 0 aliphatic heterocycles. The molecule has 0 fully saturated rings. The lowest BCUT2D eigenvalue weighted by Crippen LogP contribution is -2.12. The fourth-order valence-electron chi connectivity index (χ4n) is 2.58. The molecule has 0 saturated heterocycles. The third-order valence-electron chi connectivity index (χ3n) is 3.94. The highest BCUT2D eigenvalue weighted by atomic mass is 32.2. The van der Waals surface area contributed by atoms with Crippen LogP contribution in [0.4, 0.5) is 13.2 Å². The zero-order valence-electron chi connectivity index (χ0n) is 14.4. The highest BCUT2D eigenvalue weighted by Crippen LogP contribution is 2.37. The molecule has 1 atom stereocenters. The number of amides is 1. The Bertz CT molecular complexity index is 1030. The van der Waals surface area contributed by atoms with E-state index in [9.17, 15) is 22.8 Å². The average Bonchev–Trinajstić information content (AvgIpc) is 3.07. The third-order valence-corrected chi connectivity index (χ3v) is 5.06. The van der Waals surface area contributed by atoms with E-state index in [1.54, 1.807) is 12.1 Å². The lowest BCUT2D eigenvalue weighted by molar-refractivity contribution is -0.140. The maximum absolute atomic E-state index is 12.8. The van der Waals surface area contributed by atoms with Crippen LogP contribution in [-0.2, 0) is 15.7 Å². The summed E-state index contributed by atoms with van der Waals surface area (Å²) in [5.41, 5.74) is 5.93. The number of nitrogens with two attached hydrogens (primary N) is 1. The van der Waals surface area contributed by atoms with Crippen LogP contribution in [0, 0.1) is 0 Å². The normalized spacial score (nSPS) is 12.7. The minimum atomic E-state index is -4.48. The molecule has 1 amide bonds. The molecule has 28 heavy (non-hydrogen) atoms. The van der Waals surface area contributed by atoms with E-state index in [4.69, 9.17) is 10.5 Å². The predicted molar refractivity (Wildman–Crippen MR) is 96.7 cm³/mol. The van der Waals surface area contributed by atoms with Gasteiger partial charge in [-0.2, -0.15) is 13.2 Å². The van der Waals surface area contributed by atoms with Crippen LogP contribution in [-0.4, -0.2) is 29.0 Å². The van der Waals surface area contributed by atoms with Crippen LogP contribution in [0.2, 0.25) is 0 Å². The quantitative estimate of drug-likeness (QED) is 0.495.